The van der Waals surface area contributed by atoms with Gasteiger partial charge in [-0.25, -0.2) is 0 Å². The van der Waals surface area contributed by atoms with Gasteiger partial charge in [0.15, 0.2) is 0 Å². The third-order valence-corrected chi connectivity index (χ3v) is 6.90. The van der Waals surface area contributed by atoms with Crippen molar-refractivity contribution >= 4 is 46.1 Å². The molecule has 0 spiro atoms. The second kappa shape index (κ2) is 8.81. The van der Waals surface area contributed by atoms with Crippen molar-refractivity contribution in [3.05, 3.63) is 86.1 Å². The Morgan fingerprint density at radius 2 is 1.79 bits per heavy atom. The van der Waals surface area contributed by atoms with Gasteiger partial charge >= 0.3 is 6.18 Å². The number of amides is 1. The van der Waals surface area contributed by atoms with E-state index in [2.05, 4.69) is 0 Å². The molecule has 3 aromatic rings. The smallest absolute Gasteiger partial charge is 0.416 e. The van der Waals surface area contributed by atoms with E-state index in [1.165, 1.54) is 30.6 Å². The summed E-state index contributed by atoms with van der Waals surface area (Å²) in [4.78, 5) is 27.9. The van der Waals surface area contributed by atoms with Gasteiger partial charge < -0.3 is 9.84 Å². The standard InChI is InChI=1S/C24H17ClF3NO4S/c1-12-9-10-34-22(12)19-18(20(30)16-11-15(33-2)7-8-17(16)25)21(31)23(32)29(19)14-5-3-13(4-6-14)24(26,27)28/h3-11,19,30H,1-2H3/b20-18+. The van der Waals surface area contributed by atoms with E-state index >= 15 is 0 Å². The van der Waals surface area contributed by atoms with Gasteiger partial charge in [-0.3, -0.25) is 14.5 Å². The number of carbonyl (C=O) groups is 2. The second-order valence-corrected chi connectivity index (χ2v) is 8.88. The Labute approximate surface area is 201 Å². The third-order valence-electron chi connectivity index (χ3n) is 5.50. The van der Waals surface area contributed by atoms with Crippen LogP contribution in [0.15, 0.2) is 59.5 Å². The van der Waals surface area contributed by atoms with Gasteiger partial charge in [-0.15, -0.1) is 11.3 Å². The Balaban J connectivity index is 1.93. The number of carbonyl (C=O) groups excluding carboxylic acids is 2. The van der Waals surface area contributed by atoms with Gasteiger partial charge in [-0.05, 0) is 66.4 Å². The molecule has 10 heteroatoms. The third kappa shape index (κ3) is 4.05. The van der Waals surface area contributed by atoms with E-state index in [-0.39, 0.29) is 21.8 Å². The predicted molar refractivity (Wildman–Crippen MR) is 123 cm³/mol. The molecule has 0 saturated carbocycles. The molecule has 5 nitrogen and oxygen atoms in total. The summed E-state index contributed by atoms with van der Waals surface area (Å²) in [7, 11) is 1.42. The largest absolute Gasteiger partial charge is 0.507 e. The summed E-state index contributed by atoms with van der Waals surface area (Å²) in [5.74, 6) is -2.09. The topological polar surface area (TPSA) is 66.8 Å². The first-order valence-corrected chi connectivity index (χ1v) is 11.2. The minimum Gasteiger partial charge on any atom is -0.507 e. The lowest BCUT2D eigenvalue weighted by Crippen LogP contribution is -2.29. The van der Waals surface area contributed by atoms with Gasteiger partial charge in [-0.1, -0.05) is 11.6 Å². The van der Waals surface area contributed by atoms with E-state index < -0.39 is 35.2 Å². The number of halogens is 4. The Bertz CT molecular complexity index is 1310. The highest BCUT2D eigenvalue weighted by atomic mass is 35.5. The first-order chi connectivity index (χ1) is 16.0. The zero-order chi connectivity index (χ0) is 24.8. The van der Waals surface area contributed by atoms with E-state index in [4.69, 9.17) is 16.3 Å². The van der Waals surface area contributed by atoms with Crippen LogP contribution in [0.5, 0.6) is 5.75 Å². The van der Waals surface area contributed by atoms with Crippen LogP contribution in [0, 0.1) is 6.92 Å². The van der Waals surface area contributed by atoms with Crippen LogP contribution in [0.4, 0.5) is 18.9 Å². The Hall–Kier alpha value is -3.30. The van der Waals surface area contributed by atoms with Crippen LogP contribution < -0.4 is 9.64 Å². The molecule has 1 atom stereocenters. The number of aliphatic hydroxyl groups is 1. The molecule has 4 rings (SSSR count). The van der Waals surface area contributed by atoms with Gasteiger partial charge in [0.2, 0.25) is 0 Å². The van der Waals surface area contributed by atoms with Crippen molar-refractivity contribution in [1.29, 1.82) is 0 Å². The number of aryl methyl sites for hydroxylation is 1. The number of benzene rings is 2. The summed E-state index contributed by atoms with van der Waals surface area (Å²) < 4.78 is 44.3. The molecule has 0 bridgehead atoms. The Morgan fingerprint density at radius 3 is 2.35 bits per heavy atom. The van der Waals surface area contributed by atoms with Crippen LogP contribution in [0.25, 0.3) is 5.76 Å². The van der Waals surface area contributed by atoms with Crippen molar-refractivity contribution in [2.45, 2.75) is 19.1 Å². The number of methoxy groups -OCH3 is 1. The van der Waals surface area contributed by atoms with Gasteiger partial charge in [-0.2, -0.15) is 13.2 Å². The van der Waals surface area contributed by atoms with Crippen molar-refractivity contribution in [1.82, 2.24) is 0 Å². The molecular formula is C24H17ClF3NO4S. The summed E-state index contributed by atoms with van der Waals surface area (Å²) in [6.07, 6.45) is -4.56. The first-order valence-electron chi connectivity index (χ1n) is 9.90. The maximum atomic E-state index is 13.2. The molecule has 1 unspecified atom stereocenters. The van der Waals surface area contributed by atoms with Gasteiger partial charge in [0, 0.05) is 16.1 Å². The summed E-state index contributed by atoms with van der Waals surface area (Å²) in [5, 5.41) is 13.1. The number of aliphatic hydroxyl groups excluding tert-OH is 1. The molecular weight excluding hydrogens is 491 g/mol. The molecule has 1 aromatic heterocycles. The lowest BCUT2D eigenvalue weighted by molar-refractivity contribution is -0.137. The zero-order valence-electron chi connectivity index (χ0n) is 17.8. The van der Waals surface area contributed by atoms with Gasteiger partial charge in [0.1, 0.15) is 17.6 Å². The van der Waals surface area contributed by atoms with Crippen LogP contribution in [0.2, 0.25) is 5.02 Å². The van der Waals surface area contributed by atoms with Crippen LogP contribution >= 0.6 is 22.9 Å². The molecule has 1 N–H and O–H groups in total. The van der Waals surface area contributed by atoms with Crippen molar-refractivity contribution in [3.63, 3.8) is 0 Å². The minimum atomic E-state index is -4.56. The molecule has 34 heavy (non-hydrogen) atoms. The van der Waals surface area contributed by atoms with Crippen LogP contribution in [0.1, 0.15) is 27.6 Å². The monoisotopic (exact) mass is 507 g/mol. The van der Waals surface area contributed by atoms with Crippen LogP contribution in [0.3, 0.4) is 0 Å². The molecule has 1 aliphatic rings. The average Bonchev–Trinajstić information content (AvgIpc) is 3.33. The number of hydrogen-bond donors (Lipinski definition) is 1. The Morgan fingerprint density at radius 1 is 1.12 bits per heavy atom. The lowest BCUT2D eigenvalue weighted by Gasteiger charge is -2.25. The fraction of sp³-hybridized carbons (Fsp3) is 0.167. The van der Waals surface area contributed by atoms with Crippen LogP contribution in [-0.4, -0.2) is 23.9 Å². The van der Waals surface area contributed by atoms with Gasteiger partial charge in [0.25, 0.3) is 11.7 Å². The number of nitrogens with zero attached hydrogens (tertiary/aromatic N) is 1. The van der Waals surface area contributed by atoms with E-state index in [9.17, 15) is 27.9 Å². The molecule has 1 saturated heterocycles. The van der Waals surface area contributed by atoms with E-state index in [1.54, 1.807) is 24.4 Å². The highest BCUT2D eigenvalue weighted by Crippen LogP contribution is 2.46. The average molecular weight is 508 g/mol. The van der Waals surface area contributed by atoms with Crippen molar-refractivity contribution in [2.24, 2.45) is 0 Å². The molecule has 1 fully saturated rings. The summed E-state index contributed by atoms with van der Waals surface area (Å²) in [6, 6.07) is 9.14. The maximum absolute atomic E-state index is 13.2. The molecule has 176 valence electrons. The van der Waals surface area contributed by atoms with Crippen molar-refractivity contribution in [3.8, 4) is 5.75 Å². The summed E-state index contributed by atoms with van der Waals surface area (Å²) in [5.41, 5.74) is -0.184. The number of rotatable bonds is 4. The highest BCUT2D eigenvalue weighted by molar-refractivity contribution is 7.10. The molecule has 2 aromatic carbocycles. The molecule has 0 aliphatic carbocycles. The van der Waals surface area contributed by atoms with Crippen molar-refractivity contribution in [2.75, 3.05) is 12.0 Å². The Kier molecular flexibility index (Phi) is 6.18. The number of alkyl halides is 3. The number of ketones is 1. The molecule has 0 radical (unpaired) electrons. The number of Topliss-reactive ketones (excluding diaryl/α,β-unsaturated/α-hetero) is 1. The van der Waals surface area contributed by atoms with Gasteiger partial charge in [0.05, 0.1) is 23.3 Å². The number of ether oxygens (including phenoxy) is 1. The number of hydrogen-bond acceptors (Lipinski definition) is 5. The summed E-state index contributed by atoms with van der Waals surface area (Å²) >= 11 is 7.52. The normalized spacial score (nSPS) is 17.9. The van der Waals surface area contributed by atoms with E-state index in [0.29, 0.717) is 10.6 Å². The lowest BCUT2D eigenvalue weighted by atomic mass is 9.98. The fourth-order valence-corrected chi connectivity index (χ4v) is 5.01. The molecule has 1 amide bonds. The SMILES string of the molecule is COc1ccc(Cl)c(/C(O)=C2\C(=O)C(=O)N(c3ccc(C(F)(F)F)cc3)C2c2sccc2C)c1. The maximum Gasteiger partial charge on any atom is 0.416 e. The molecule has 1 aliphatic heterocycles. The quantitative estimate of drug-likeness (QED) is 0.253. The predicted octanol–water partition coefficient (Wildman–Crippen LogP) is 6.36. The molecule has 2 heterocycles. The zero-order valence-corrected chi connectivity index (χ0v) is 19.4. The summed E-state index contributed by atoms with van der Waals surface area (Å²) in [6.45, 7) is 1.78. The van der Waals surface area contributed by atoms with Crippen LogP contribution in [-0.2, 0) is 15.8 Å². The minimum absolute atomic E-state index is 0.0867. The number of thiophene rings is 1. The number of anilines is 1. The first kappa shape index (κ1) is 23.8. The second-order valence-electron chi connectivity index (χ2n) is 7.53. The highest BCUT2D eigenvalue weighted by Gasteiger charge is 2.48. The fourth-order valence-electron chi connectivity index (χ4n) is 3.78. The van der Waals surface area contributed by atoms with E-state index in [1.807, 2.05) is 0 Å². The van der Waals surface area contributed by atoms with Crippen molar-refractivity contribution < 1.29 is 32.6 Å². The van der Waals surface area contributed by atoms with E-state index in [0.717, 1.165) is 34.7 Å².